The van der Waals surface area contributed by atoms with Crippen LogP contribution in [0, 0.1) is 6.92 Å². The summed E-state index contributed by atoms with van der Waals surface area (Å²) in [4.78, 5) is 25.6. The number of rotatable bonds is 5. The van der Waals surface area contributed by atoms with Crippen molar-refractivity contribution < 1.29 is 22.7 Å². The summed E-state index contributed by atoms with van der Waals surface area (Å²) in [5.74, 6) is -1.86. The standard InChI is InChI=1S/C18H19NO5S2/c1-11-6-8-12(9-7-11)26(22,23)10-15(20)19-17-16(18(21)24-2)13-4-3-5-14(13)25-17/h6-9H,3-5,10H2,1-2H3,(H,19,20). The van der Waals surface area contributed by atoms with Crippen molar-refractivity contribution in [3.63, 3.8) is 0 Å². The Morgan fingerprint density at radius 3 is 2.54 bits per heavy atom. The third-order valence-corrected chi connectivity index (χ3v) is 7.10. The van der Waals surface area contributed by atoms with Gasteiger partial charge in [-0.15, -0.1) is 11.3 Å². The number of carbonyl (C=O) groups is 2. The van der Waals surface area contributed by atoms with E-state index < -0.39 is 27.5 Å². The minimum Gasteiger partial charge on any atom is -0.465 e. The van der Waals surface area contributed by atoms with Crippen molar-refractivity contribution in [2.75, 3.05) is 18.2 Å². The zero-order valence-corrected chi connectivity index (χ0v) is 16.1. The smallest absolute Gasteiger partial charge is 0.341 e. The van der Waals surface area contributed by atoms with Gasteiger partial charge >= 0.3 is 5.97 Å². The molecular formula is C18H19NO5S2. The molecule has 0 saturated carbocycles. The number of sulfone groups is 1. The summed E-state index contributed by atoms with van der Waals surface area (Å²) in [6.45, 7) is 1.85. The summed E-state index contributed by atoms with van der Waals surface area (Å²) in [5.41, 5.74) is 2.19. The van der Waals surface area contributed by atoms with Gasteiger partial charge in [-0.05, 0) is 43.9 Å². The lowest BCUT2D eigenvalue weighted by atomic mass is 10.1. The molecule has 1 N–H and O–H groups in total. The van der Waals surface area contributed by atoms with Gasteiger partial charge < -0.3 is 10.1 Å². The normalized spacial score (nSPS) is 13.3. The van der Waals surface area contributed by atoms with Crippen molar-refractivity contribution >= 4 is 38.1 Å². The van der Waals surface area contributed by atoms with Crippen LogP contribution in [0.1, 0.15) is 32.8 Å². The number of thiophene rings is 1. The predicted molar refractivity (Wildman–Crippen MR) is 99.5 cm³/mol. The number of benzene rings is 1. The van der Waals surface area contributed by atoms with Crippen LogP contribution in [0.25, 0.3) is 0 Å². The van der Waals surface area contributed by atoms with E-state index in [9.17, 15) is 18.0 Å². The van der Waals surface area contributed by atoms with E-state index in [1.165, 1.54) is 30.6 Å². The van der Waals surface area contributed by atoms with Gasteiger partial charge in [0.2, 0.25) is 5.91 Å². The number of esters is 1. The Morgan fingerprint density at radius 2 is 1.88 bits per heavy atom. The Balaban J connectivity index is 1.80. The number of anilines is 1. The van der Waals surface area contributed by atoms with Crippen LogP contribution in [0.2, 0.25) is 0 Å². The lowest BCUT2D eigenvalue weighted by molar-refractivity contribution is -0.113. The van der Waals surface area contributed by atoms with Gasteiger partial charge in [-0.3, -0.25) is 4.79 Å². The van der Waals surface area contributed by atoms with E-state index in [0.29, 0.717) is 10.6 Å². The molecule has 138 valence electrons. The molecule has 0 spiro atoms. The number of methoxy groups -OCH3 is 1. The highest BCUT2D eigenvalue weighted by atomic mass is 32.2. The molecule has 1 aliphatic carbocycles. The molecule has 0 aliphatic heterocycles. The molecule has 2 aromatic rings. The number of aryl methyl sites for hydroxylation is 2. The van der Waals surface area contributed by atoms with Gasteiger partial charge in [0.25, 0.3) is 0 Å². The van der Waals surface area contributed by atoms with Gasteiger partial charge in [0, 0.05) is 4.88 Å². The first kappa shape index (κ1) is 18.6. The highest BCUT2D eigenvalue weighted by Crippen LogP contribution is 2.39. The Hall–Kier alpha value is -2.19. The first-order valence-electron chi connectivity index (χ1n) is 8.14. The van der Waals surface area contributed by atoms with Crippen molar-refractivity contribution in [1.82, 2.24) is 0 Å². The fourth-order valence-corrected chi connectivity index (χ4v) is 5.40. The molecule has 3 rings (SSSR count). The van der Waals surface area contributed by atoms with Crippen LogP contribution in [-0.4, -0.2) is 33.2 Å². The molecule has 0 bridgehead atoms. The average molecular weight is 393 g/mol. The molecule has 6 nitrogen and oxygen atoms in total. The summed E-state index contributed by atoms with van der Waals surface area (Å²) in [6.07, 6.45) is 2.57. The van der Waals surface area contributed by atoms with E-state index in [0.717, 1.165) is 35.3 Å². The number of amides is 1. The zero-order chi connectivity index (χ0) is 18.9. The second-order valence-corrected chi connectivity index (χ2v) is 9.27. The number of nitrogens with one attached hydrogen (secondary N) is 1. The van der Waals surface area contributed by atoms with E-state index in [2.05, 4.69) is 5.32 Å². The molecule has 0 fully saturated rings. The van der Waals surface area contributed by atoms with Crippen LogP contribution in [0.3, 0.4) is 0 Å². The SMILES string of the molecule is COC(=O)c1c(NC(=O)CS(=O)(=O)c2ccc(C)cc2)sc2c1CCC2. The molecule has 8 heteroatoms. The molecule has 26 heavy (non-hydrogen) atoms. The zero-order valence-electron chi connectivity index (χ0n) is 14.5. The van der Waals surface area contributed by atoms with E-state index in [1.807, 2.05) is 6.92 Å². The second-order valence-electron chi connectivity index (χ2n) is 6.17. The molecule has 1 aromatic carbocycles. The van der Waals surface area contributed by atoms with E-state index in [1.54, 1.807) is 12.1 Å². The van der Waals surface area contributed by atoms with Gasteiger partial charge in [0.15, 0.2) is 9.84 Å². The van der Waals surface area contributed by atoms with E-state index in [-0.39, 0.29) is 4.90 Å². The molecule has 0 atom stereocenters. The van der Waals surface area contributed by atoms with Gasteiger partial charge in [-0.25, -0.2) is 13.2 Å². The summed E-state index contributed by atoms with van der Waals surface area (Å²) in [5, 5.41) is 2.96. The van der Waals surface area contributed by atoms with Gasteiger partial charge in [0.1, 0.15) is 10.8 Å². The molecule has 1 aliphatic rings. The molecule has 0 saturated heterocycles. The lowest BCUT2D eigenvalue weighted by Gasteiger charge is -2.08. The van der Waals surface area contributed by atoms with Gasteiger partial charge in [-0.2, -0.15) is 0 Å². The predicted octanol–water partition coefficient (Wildman–Crippen LogP) is 2.74. The van der Waals surface area contributed by atoms with Crippen molar-refractivity contribution in [3.05, 3.63) is 45.8 Å². The largest absolute Gasteiger partial charge is 0.465 e. The van der Waals surface area contributed by atoms with Crippen LogP contribution < -0.4 is 5.32 Å². The van der Waals surface area contributed by atoms with E-state index in [4.69, 9.17) is 4.74 Å². The monoisotopic (exact) mass is 393 g/mol. The minimum absolute atomic E-state index is 0.0973. The number of hydrogen-bond acceptors (Lipinski definition) is 6. The van der Waals surface area contributed by atoms with Gasteiger partial charge in [-0.1, -0.05) is 17.7 Å². The fourth-order valence-electron chi connectivity index (χ4n) is 2.97. The van der Waals surface area contributed by atoms with Crippen molar-refractivity contribution in [2.24, 2.45) is 0 Å². The first-order chi connectivity index (χ1) is 12.3. The topological polar surface area (TPSA) is 89.5 Å². The molecular weight excluding hydrogens is 374 g/mol. The summed E-state index contributed by atoms with van der Waals surface area (Å²) in [6, 6.07) is 6.34. The van der Waals surface area contributed by atoms with Crippen molar-refractivity contribution in [2.45, 2.75) is 31.1 Å². The first-order valence-corrected chi connectivity index (χ1v) is 10.6. The Kier molecular flexibility index (Phi) is 5.15. The third kappa shape index (κ3) is 3.66. The fraction of sp³-hybridized carbons (Fsp3) is 0.333. The third-order valence-electron chi connectivity index (χ3n) is 4.26. The average Bonchev–Trinajstić information content (AvgIpc) is 3.14. The van der Waals surface area contributed by atoms with Crippen LogP contribution in [0.5, 0.6) is 0 Å². The maximum atomic E-state index is 12.4. The summed E-state index contributed by atoms with van der Waals surface area (Å²) >= 11 is 1.32. The lowest BCUT2D eigenvalue weighted by Crippen LogP contribution is -2.23. The van der Waals surface area contributed by atoms with Gasteiger partial charge in [0.05, 0.1) is 17.6 Å². The van der Waals surface area contributed by atoms with Crippen LogP contribution >= 0.6 is 11.3 Å². The van der Waals surface area contributed by atoms with Crippen molar-refractivity contribution in [1.29, 1.82) is 0 Å². The van der Waals surface area contributed by atoms with Crippen LogP contribution in [-0.2, 0) is 32.2 Å². The molecule has 1 aromatic heterocycles. The molecule has 0 radical (unpaired) electrons. The highest BCUT2D eigenvalue weighted by Gasteiger charge is 2.29. The van der Waals surface area contributed by atoms with E-state index >= 15 is 0 Å². The Morgan fingerprint density at radius 1 is 1.19 bits per heavy atom. The summed E-state index contributed by atoms with van der Waals surface area (Å²) < 4.78 is 29.6. The summed E-state index contributed by atoms with van der Waals surface area (Å²) in [7, 11) is -2.47. The second kappa shape index (κ2) is 7.20. The maximum absolute atomic E-state index is 12.4. The van der Waals surface area contributed by atoms with Crippen molar-refractivity contribution in [3.8, 4) is 0 Å². The Labute approximate surface area is 156 Å². The molecule has 0 unspecified atom stereocenters. The van der Waals surface area contributed by atoms with Crippen LogP contribution in [0.15, 0.2) is 29.2 Å². The number of fused-ring (bicyclic) bond motifs is 1. The number of hydrogen-bond donors (Lipinski definition) is 1. The van der Waals surface area contributed by atoms with Crippen LogP contribution in [0.4, 0.5) is 5.00 Å². The maximum Gasteiger partial charge on any atom is 0.341 e. The highest BCUT2D eigenvalue weighted by molar-refractivity contribution is 7.92. The Bertz CT molecular complexity index is 958. The number of carbonyl (C=O) groups excluding carboxylic acids is 2. The quantitative estimate of drug-likeness (QED) is 0.789. The molecule has 1 heterocycles. The number of ether oxygens (including phenoxy) is 1. The minimum atomic E-state index is -3.75. The molecule has 1 amide bonds.